The van der Waals surface area contributed by atoms with Crippen molar-refractivity contribution in [1.82, 2.24) is 0 Å². The fourth-order valence-corrected chi connectivity index (χ4v) is 2.29. The average molecular weight is 273 g/mol. The van der Waals surface area contributed by atoms with Crippen LogP contribution in [0.3, 0.4) is 0 Å². The quantitative estimate of drug-likeness (QED) is 0.558. The van der Waals surface area contributed by atoms with E-state index in [9.17, 15) is 0 Å². The minimum atomic E-state index is 0.872. The second-order valence-corrected chi connectivity index (χ2v) is 5.09. The van der Waals surface area contributed by atoms with E-state index >= 15 is 0 Å². The third-order valence-corrected chi connectivity index (χ3v) is 3.50. The summed E-state index contributed by atoms with van der Waals surface area (Å²) in [6.45, 7) is 2.23. The molecule has 0 unspecified atom stereocenters. The summed E-state index contributed by atoms with van der Waals surface area (Å²) in [6.07, 6.45) is 4.99. The zero-order valence-corrected chi connectivity index (χ0v) is 12.4. The topological polar surface area (TPSA) is 23.8 Å². The van der Waals surface area contributed by atoms with Crippen LogP contribution in [0.4, 0.5) is 0 Å². The first kappa shape index (κ1) is 14.9. The van der Waals surface area contributed by atoms with Gasteiger partial charge in [0, 0.05) is 11.5 Å². The summed E-state index contributed by atoms with van der Waals surface area (Å²) in [7, 11) is 0. The number of unbranched alkanes of at least 4 members (excludes halogenated alkanes) is 2. The van der Waals surface area contributed by atoms with Crippen LogP contribution >= 0.6 is 0 Å². The predicted octanol–water partition coefficient (Wildman–Crippen LogP) is 4.96. The molecule has 104 valence electrons. The molecule has 1 nitrogen and oxygen atoms in total. The van der Waals surface area contributed by atoms with Crippen LogP contribution < -0.4 is 0 Å². The molecule has 0 saturated heterocycles. The first-order valence-electron chi connectivity index (χ1n) is 7.43. The largest absolute Gasteiger partial charge is 0.183 e. The first-order valence-corrected chi connectivity index (χ1v) is 7.43. The van der Waals surface area contributed by atoms with Crippen molar-refractivity contribution in [2.24, 2.45) is 0 Å². The number of nitrogens with zero attached hydrogens (tertiary/aromatic N) is 1. The molecule has 0 aliphatic rings. The van der Waals surface area contributed by atoms with E-state index < -0.39 is 0 Å². The van der Waals surface area contributed by atoms with Crippen LogP contribution in [0.25, 0.3) is 11.1 Å². The summed E-state index contributed by atoms with van der Waals surface area (Å²) in [5, 5.41) is 8.44. The number of rotatable bonds is 5. The molecule has 0 aliphatic carbocycles. The van der Waals surface area contributed by atoms with Crippen LogP contribution in [-0.4, -0.2) is 0 Å². The highest BCUT2D eigenvalue weighted by Crippen LogP contribution is 2.21. The molecule has 0 atom stereocenters. The minimum Gasteiger partial charge on any atom is -0.183 e. The van der Waals surface area contributed by atoms with Gasteiger partial charge in [0.25, 0.3) is 0 Å². The van der Waals surface area contributed by atoms with Crippen LogP contribution in [0, 0.1) is 23.2 Å². The van der Waals surface area contributed by atoms with E-state index in [0.29, 0.717) is 0 Å². The van der Waals surface area contributed by atoms with Gasteiger partial charge in [-0.15, -0.1) is 0 Å². The smallest absolute Gasteiger partial charge is 0.152 e. The van der Waals surface area contributed by atoms with E-state index in [-0.39, 0.29) is 0 Å². The van der Waals surface area contributed by atoms with Gasteiger partial charge in [-0.1, -0.05) is 62.1 Å². The Kier molecular flexibility index (Phi) is 5.62. The van der Waals surface area contributed by atoms with Crippen LogP contribution in [0.1, 0.15) is 37.3 Å². The van der Waals surface area contributed by atoms with Crippen molar-refractivity contribution in [3.63, 3.8) is 0 Å². The van der Waals surface area contributed by atoms with Crippen LogP contribution in [0.15, 0.2) is 48.5 Å². The van der Waals surface area contributed by atoms with E-state index in [1.165, 1.54) is 36.0 Å². The fourth-order valence-electron chi connectivity index (χ4n) is 2.29. The molecule has 0 saturated carbocycles. The second kappa shape index (κ2) is 7.93. The number of benzene rings is 2. The molecule has 0 heterocycles. The molecule has 0 aromatic heterocycles. The summed E-state index contributed by atoms with van der Waals surface area (Å²) in [6, 6.07) is 18.6. The molecule has 0 N–H and O–H groups in total. The molecule has 21 heavy (non-hydrogen) atoms. The molecule has 0 fully saturated rings. The standard InChI is InChI=1S/C20H19N/c1-2-3-4-6-17-8-12-19(13-9-17)20-14-10-18(11-15-20)7-5-16-21/h8-15H,2-4,6H2,1H3. The van der Waals surface area contributed by atoms with Crippen molar-refractivity contribution in [1.29, 1.82) is 5.26 Å². The maximum Gasteiger partial charge on any atom is 0.152 e. The zero-order chi connectivity index (χ0) is 14.9. The number of hydrogen-bond acceptors (Lipinski definition) is 1. The normalized spacial score (nSPS) is 9.52. The van der Waals surface area contributed by atoms with Crippen molar-refractivity contribution in [2.45, 2.75) is 32.6 Å². The van der Waals surface area contributed by atoms with E-state index in [4.69, 9.17) is 5.26 Å². The Bertz CT molecular complexity index is 661. The van der Waals surface area contributed by atoms with E-state index in [1.807, 2.05) is 30.3 Å². The molecule has 1 heteroatoms. The molecule has 0 bridgehead atoms. The summed E-state index contributed by atoms with van der Waals surface area (Å²) < 4.78 is 0. The van der Waals surface area contributed by atoms with Crippen molar-refractivity contribution in [2.75, 3.05) is 0 Å². The van der Waals surface area contributed by atoms with Crippen LogP contribution in [0.5, 0.6) is 0 Å². The van der Waals surface area contributed by atoms with Crippen molar-refractivity contribution >= 4 is 0 Å². The maximum atomic E-state index is 8.44. The molecule has 0 amide bonds. The Hall–Kier alpha value is -2.51. The van der Waals surface area contributed by atoms with Gasteiger partial charge in [-0.2, -0.15) is 5.26 Å². The molecule has 2 aromatic rings. The molecule has 0 radical (unpaired) electrons. The lowest BCUT2D eigenvalue weighted by Gasteiger charge is -2.05. The van der Waals surface area contributed by atoms with Crippen LogP contribution in [-0.2, 0) is 6.42 Å². The van der Waals surface area contributed by atoms with Gasteiger partial charge in [0.1, 0.15) is 0 Å². The maximum absolute atomic E-state index is 8.44. The molecular weight excluding hydrogens is 254 g/mol. The molecule has 0 spiro atoms. The van der Waals surface area contributed by atoms with Crippen LogP contribution in [0.2, 0.25) is 0 Å². The van der Waals surface area contributed by atoms with Crippen molar-refractivity contribution in [3.8, 4) is 29.0 Å². The Morgan fingerprint density at radius 2 is 1.48 bits per heavy atom. The first-order chi connectivity index (χ1) is 10.3. The van der Waals surface area contributed by atoms with Gasteiger partial charge in [0.2, 0.25) is 0 Å². The lowest BCUT2D eigenvalue weighted by Crippen LogP contribution is -1.86. The second-order valence-electron chi connectivity index (χ2n) is 5.09. The molecule has 2 aromatic carbocycles. The van der Waals surface area contributed by atoms with Gasteiger partial charge in [-0.25, -0.2) is 0 Å². The minimum absolute atomic E-state index is 0.872. The van der Waals surface area contributed by atoms with Crippen molar-refractivity contribution in [3.05, 3.63) is 59.7 Å². The van der Waals surface area contributed by atoms with Gasteiger partial charge in [-0.3, -0.25) is 0 Å². The fraction of sp³-hybridized carbons (Fsp3) is 0.250. The van der Waals surface area contributed by atoms with Gasteiger partial charge < -0.3 is 0 Å². The number of nitriles is 1. The summed E-state index contributed by atoms with van der Waals surface area (Å²) >= 11 is 0. The lowest BCUT2D eigenvalue weighted by atomic mass is 10.0. The summed E-state index contributed by atoms with van der Waals surface area (Å²) in [5.74, 6) is 5.21. The van der Waals surface area contributed by atoms with Crippen molar-refractivity contribution < 1.29 is 0 Å². The number of aryl methyl sites for hydroxylation is 1. The average Bonchev–Trinajstić information content (AvgIpc) is 2.54. The van der Waals surface area contributed by atoms with Gasteiger partial charge in [0.15, 0.2) is 6.07 Å². The van der Waals surface area contributed by atoms with Gasteiger partial charge >= 0.3 is 0 Å². The Labute approximate surface area is 127 Å². The molecule has 2 rings (SSSR count). The predicted molar refractivity (Wildman–Crippen MR) is 87.6 cm³/mol. The third-order valence-electron chi connectivity index (χ3n) is 3.50. The lowest BCUT2D eigenvalue weighted by molar-refractivity contribution is 0.717. The highest BCUT2D eigenvalue weighted by atomic mass is 14.2. The van der Waals surface area contributed by atoms with Gasteiger partial charge in [-0.05, 0) is 41.7 Å². The summed E-state index contributed by atoms with van der Waals surface area (Å²) in [4.78, 5) is 0. The molecule has 0 aliphatic heterocycles. The highest BCUT2D eigenvalue weighted by molar-refractivity contribution is 5.64. The monoisotopic (exact) mass is 273 g/mol. The zero-order valence-electron chi connectivity index (χ0n) is 12.4. The Morgan fingerprint density at radius 1 is 0.857 bits per heavy atom. The van der Waals surface area contributed by atoms with E-state index in [1.54, 1.807) is 0 Å². The van der Waals surface area contributed by atoms with E-state index in [2.05, 4.69) is 43.0 Å². The van der Waals surface area contributed by atoms with Gasteiger partial charge in [0.05, 0.1) is 0 Å². The third kappa shape index (κ3) is 4.51. The molecular formula is C20H19N. The SMILES string of the molecule is CCCCCc1ccc(-c2ccc(C#CC#N)cc2)cc1. The van der Waals surface area contributed by atoms with E-state index in [0.717, 1.165) is 12.0 Å². The summed E-state index contributed by atoms with van der Waals surface area (Å²) in [5.41, 5.74) is 4.67. The Morgan fingerprint density at radius 3 is 2.05 bits per heavy atom. The number of hydrogen-bond donors (Lipinski definition) is 0. The Balaban J connectivity index is 2.06. The highest BCUT2D eigenvalue weighted by Gasteiger charge is 1.98.